The van der Waals surface area contributed by atoms with Crippen molar-refractivity contribution in [3.63, 3.8) is 0 Å². The number of pyridine rings is 1. The molecule has 0 bridgehead atoms. The second-order valence-corrected chi connectivity index (χ2v) is 5.30. The largest absolute Gasteiger partial charge is 0.355 e. The van der Waals surface area contributed by atoms with Crippen LogP contribution in [0.4, 0.5) is 5.82 Å². The van der Waals surface area contributed by atoms with Gasteiger partial charge in [-0.15, -0.1) is 0 Å². The van der Waals surface area contributed by atoms with E-state index in [-0.39, 0.29) is 0 Å². The van der Waals surface area contributed by atoms with Crippen LogP contribution in [-0.4, -0.2) is 18.6 Å². The average Bonchev–Trinajstić information content (AvgIpc) is 2.53. The Labute approximate surface area is 128 Å². The zero-order valence-electron chi connectivity index (χ0n) is 13.3. The zero-order valence-corrected chi connectivity index (χ0v) is 13.3. The predicted octanol–water partition coefficient (Wildman–Crippen LogP) is 3.39. The van der Waals surface area contributed by atoms with Crippen LogP contribution in [0.1, 0.15) is 30.7 Å². The first kappa shape index (κ1) is 15.5. The summed E-state index contributed by atoms with van der Waals surface area (Å²) < 4.78 is 0. The summed E-state index contributed by atoms with van der Waals surface area (Å²) in [6, 6.07) is 14.9. The van der Waals surface area contributed by atoms with Gasteiger partial charge < -0.3 is 10.2 Å². The second-order valence-electron chi connectivity index (χ2n) is 5.30. The minimum Gasteiger partial charge on any atom is -0.355 e. The fraction of sp³-hybridized carbons (Fsp3) is 0.389. The number of anilines is 1. The lowest BCUT2D eigenvalue weighted by molar-refractivity contribution is 0.723. The standard InChI is InChI=1S/C18H25N3/c1-4-17-11-16(13-19-5-2)12-18(20-17)21(3)14-15-9-7-6-8-10-15/h6-12,19H,4-5,13-14H2,1-3H3. The maximum absolute atomic E-state index is 4.75. The molecule has 0 aliphatic rings. The van der Waals surface area contributed by atoms with E-state index < -0.39 is 0 Å². The fourth-order valence-corrected chi connectivity index (χ4v) is 2.32. The van der Waals surface area contributed by atoms with Crippen molar-refractivity contribution in [2.75, 3.05) is 18.5 Å². The van der Waals surface area contributed by atoms with Gasteiger partial charge >= 0.3 is 0 Å². The van der Waals surface area contributed by atoms with E-state index in [9.17, 15) is 0 Å². The lowest BCUT2D eigenvalue weighted by Crippen LogP contribution is -2.19. The molecule has 2 rings (SSSR count). The van der Waals surface area contributed by atoms with Gasteiger partial charge in [-0.2, -0.15) is 0 Å². The molecule has 112 valence electrons. The molecule has 0 unspecified atom stereocenters. The Bertz CT molecular complexity index is 552. The Morgan fingerprint density at radius 1 is 1.05 bits per heavy atom. The van der Waals surface area contributed by atoms with Crippen LogP contribution in [0.2, 0.25) is 0 Å². The molecule has 0 aliphatic carbocycles. The molecule has 21 heavy (non-hydrogen) atoms. The van der Waals surface area contributed by atoms with E-state index in [2.05, 4.69) is 67.5 Å². The summed E-state index contributed by atoms with van der Waals surface area (Å²) in [5, 5.41) is 3.39. The Balaban J connectivity index is 2.16. The molecule has 0 saturated carbocycles. The van der Waals surface area contributed by atoms with Crippen LogP contribution in [0.25, 0.3) is 0 Å². The monoisotopic (exact) mass is 283 g/mol. The summed E-state index contributed by atoms with van der Waals surface area (Å²) in [4.78, 5) is 6.97. The van der Waals surface area contributed by atoms with Crippen LogP contribution >= 0.6 is 0 Å². The van der Waals surface area contributed by atoms with Gasteiger partial charge in [0.15, 0.2) is 0 Å². The van der Waals surface area contributed by atoms with Crippen LogP contribution in [0.3, 0.4) is 0 Å². The number of aromatic nitrogens is 1. The number of nitrogens with zero attached hydrogens (tertiary/aromatic N) is 2. The highest BCUT2D eigenvalue weighted by Gasteiger charge is 2.07. The molecule has 0 aliphatic heterocycles. The number of aryl methyl sites for hydroxylation is 1. The second kappa shape index (κ2) is 7.79. The van der Waals surface area contributed by atoms with Crippen molar-refractivity contribution in [2.24, 2.45) is 0 Å². The third-order valence-electron chi connectivity index (χ3n) is 3.52. The molecule has 0 fully saturated rings. The maximum atomic E-state index is 4.75. The molecule has 2 aromatic rings. The molecule has 1 N–H and O–H groups in total. The number of hydrogen-bond acceptors (Lipinski definition) is 3. The molecule has 0 amide bonds. The van der Waals surface area contributed by atoms with Crippen LogP contribution < -0.4 is 10.2 Å². The van der Waals surface area contributed by atoms with Crippen molar-refractivity contribution in [2.45, 2.75) is 33.4 Å². The minimum absolute atomic E-state index is 0.877. The van der Waals surface area contributed by atoms with E-state index in [1.54, 1.807) is 0 Å². The van der Waals surface area contributed by atoms with Gasteiger partial charge in [-0.05, 0) is 36.2 Å². The van der Waals surface area contributed by atoms with Gasteiger partial charge in [0.05, 0.1) is 0 Å². The molecular formula is C18H25N3. The number of nitrogens with one attached hydrogen (secondary N) is 1. The lowest BCUT2D eigenvalue weighted by atomic mass is 10.1. The highest BCUT2D eigenvalue weighted by atomic mass is 15.2. The third-order valence-corrected chi connectivity index (χ3v) is 3.52. The average molecular weight is 283 g/mol. The first-order valence-electron chi connectivity index (χ1n) is 7.68. The molecule has 0 radical (unpaired) electrons. The number of benzene rings is 1. The first-order chi connectivity index (χ1) is 10.2. The lowest BCUT2D eigenvalue weighted by Gasteiger charge is -2.20. The van der Waals surface area contributed by atoms with Gasteiger partial charge in [0, 0.05) is 25.8 Å². The normalized spacial score (nSPS) is 10.6. The van der Waals surface area contributed by atoms with Crippen LogP contribution in [0.5, 0.6) is 0 Å². The van der Waals surface area contributed by atoms with Gasteiger partial charge in [0.2, 0.25) is 0 Å². The number of hydrogen-bond donors (Lipinski definition) is 1. The molecule has 1 heterocycles. The Hall–Kier alpha value is -1.87. The van der Waals surface area contributed by atoms with E-state index in [0.29, 0.717) is 0 Å². The van der Waals surface area contributed by atoms with E-state index >= 15 is 0 Å². The van der Waals surface area contributed by atoms with Gasteiger partial charge in [0.1, 0.15) is 5.82 Å². The van der Waals surface area contributed by atoms with Crippen molar-refractivity contribution in [1.82, 2.24) is 10.3 Å². The summed E-state index contributed by atoms with van der Waals surface area (Å²) >= 11 is 0. The highest BCUT2D eigenvalue weighted by molar-refractivity contribution is 5.43. The van der Waals surface area contributed by atoms with Gasteiger partial charge in [-0.3, -0.25) is 0 Å². The van der Waals surface area contributed by atoms with Crippen LogP contribution in [-0.2, 0) is 19.5 Å². The number of rotatable bonds is 7. The smallest absolute Gasteiger partial charge is 0.129 e. The van der Waals surface area contributed by atoms with Gasteiger partial charge in [-0.25, -0.2) is 4.98 Å². The fourth-order valence-electron chi connectivity index (χ4n) is 2.32. The summed E-state index contributed by atoms with van der Waals surface area (Å²) in [5.74, 6) is 1.05. The van der Waals surface area contributed by atoms with E-state index in [4.69, 9.17) is 4.98 Å². The van der Waals surface area contributed by atoms with E-state index in [0.717, 1.165) is 37.6 Å². The quantitative estimate of drug-likeness (QED) is 0.844. The molecule has 3 heteroatoms. The van der Waals surface area contributed by atoms with Gasteiger partial charge in [-0.1, -0.05) is 44.2 Å². The molecular weight excluding hydrogens is 258 g/mol. The van der Waals surface area contributed by atoms with Crippen molar-refractivity contribution in [1.29, 1.82) is 0 Å². The summed E-state index contributed by atoms with van der Waals surface area (Å²) in [6.07, 6.45) is 0.964. The highest BCUT2D eigenvalue weighted by Crippen LogP contribution is 2.17. The van der Waals surface area contributed by atoms with Crippen molar-refractivity contribution < 1.29 is 0 Å². The Morgan fingerprint density at radius 3 is 2.48 bits per heavy atom. The van der Waals surface area contributed by atoms with Crippen LogP contribution in [0.15, 0.2) is 42.5 Å². The maximum Gasteiger partial charge on any atom is 0.129 e. The topological polar surface area (TPSA) is 28.2 Å². The molecule has 0 atom stereocenters. The SMILES string of the molecule is CCNCc1cc(CC)nc(N(C)Cc2ccccc2)c1. The van der Waals surface area contributed by atoms with Crippen molar-refractivity contribution in [3.05, 3.63) is 59.3 Å². The Morgan fingerprint density at radius 2 is 1.81 bits per heavy atom. The first-order valence-corrected chi connectivity index (χ1v) is 7.68. The summed E-state index contributed by atoms with van der Waals surface area (Å²) in [5.41, 5.74) is 3.76. The van der Waals surface area contributed by atoms with E-state index in [1.165, 1.54) is 11.1 Å². The van der Waals surface area contributed by atoms with Crippen molar-refractivity contribution in [3.8, 4) is 0 Å². The predicted molar refractivity (Wildman–Crippen MR) is 89.5 cm³/mol. The van der Waals surface area contributed by atoms with Gasteiger partial charge in [0.25, 0.3) is 0 Å². The minimum atomic E-state index is 0.877. The molecule has 1 aromatic carbocycles. The zero-order chi connectivity index (χ0) is 15.1. The molecule has 3 nitrogen and oxygen atoms in total. The van der Waals surface area contributed by atoms with Crippen LogP contribution in [0, 0.1) is 0 Å². The Kier molecular flexibility index (Phi) is 5.76. The molecule has 0 saturated heterocycles. The molecule has 0 spiro atoms. The van der Waals surface area contributed by atoms with Crippen molar-refractivity contribution >= 4 is 5.82 Å². The summed E-state index contributed by atoms with van der Waals surface area (Å²) in [6.45, 7) is 7.05. The molecule has 1 aromatic heterocycles. The summed E-state index contributed by atoms with van der Waals surface area (Å²) in [7, 11) is 2.10. The third kappa shape index (κ3) is 4.57. The van der Waals surface area contributed by atoms with E-state index in [1.807, 2.05) is 6.07 Å².